The Morgan fingerprint density at radius 1 is 0.957 bits per heavy atom. The van der Waals surface area contributed by atoms with Gasteiger partial charge < -0.3 is 5.11 Å². The van der Waals surface area contributed by atoms with Crippen molar-refractivity contribution in [3.63, 3.8) is 0 Å². The Morgan fingerprint density at radius 3 is 2.39 bits per heavy atom. The topological polar surface area (TPSA) is 37.3 Å². The van der Waals surface area contributed by atoms with Crippen molar-refractivity contribution in [3.05, 3.63) is 0 Å². The second-order valence-corrected chi connectivity index (χ2v) is 10.4. The number of hydrogen-bond donors (Lipinski definition) is 1. The van der Waals surface area contributed by atoms with Gasteiger partial charge in [0.05, 0.1) is 6.10 Å². The number of rotatable bonds is 0. The lowest BCUT2D eigenvalue weighted by Gasteiger charge is -2.62. The lowest BCUT2D eigenvalue weighted by molar-refractivity contribution is -0.148. The Morgan fingerprint density at radius 2 is 1.65 bits per heavy atom. The highest BCUT2D eigenvalue weighted by Gasteiger charge is 2.63. The first kappa shape index (κ1) is 16.4. The van der Waals surface area contributed by atoms with E-state index in [1.165, 1.54) is 19.3 Å². The summed E-state index contributed by atoms with van der Waals surface area (Å²) in [7, 11) is 0. The molecule has 2 unspecified atom stereocenters. The molecule has 2 nitrogen and oxygen atoms in total. The van der Waals surface area contributed by atoms with E-state index >= 15 is 0 Å². The van der Waals surface area contributed by atoms with E-state index in [-0.39, 0.29) is 22.7 Å². The molecule has 4 fully saturated rings. The Bertz CT molecular complexity index is 530. The molecule has 0 saturated heterocycles. The maximum Gasteiger partial charge on any atom is 0.153 e. The van der Waals surface area contributed by atoms with Gasteiger partial charge in [0.25, 0.3) is 0 Å². The highest BCUT2D eigenvalue weighted by Crippen LogP contribution is 2.67. The van der Waals surface area contributed by atoms with Gasteiger partial charge in [-0.05, 0) is 86.4 Å². The van der Waals surface area contributed by atoms with Crippen LogP contribution in [-0.4, -0.2) is 21.9 Å². The summed E-state index contributed by atoms with van der Waals surface area (Å²) in [6.07, 6.45) is 8.39. The van der Waals surface area contributed by atoms with Gasteiger partial charge in [0.1, 0.15) is 4.87 Å². The average molecular weight is 339 g/mol. The fraction of sp³-hybridized carbons (Fsp3) is 0.950. The monoisotopic (exact) mass is 338 g/mol. The van der Waals surface area contributed by atoms with Crippen molar-refractivity contribution >= 4 is 17.4 Å². The van der Waals surface area contributed by atoms with Crippen molar-refractivity contribution < 1.29 is 9.90 Å². The molecule has 0 bridgehead atoms. The van der Waals surface area contributed by atoms with Crippen LogP contribution in [0.25, 0.3) is 0 Å². The largest absolute Gasteiger partial charge is 0.393 e. The van der Waals surface area contributed by atoms with E-state index in [1.807, 2.05) is 6.92 Å². The molecule has 8 atom stereocenters. The molecule has 1 N–H and O–H groups in total. The lowest BCUT2D eigenvalue weighted by atomic mass is 9.43. The van der Waals surface area contributed by atoms with Gasteiger partial charge in [-0.15, -0.1) is 11.6 Å². The molecule has 0 aliphatic heterocycles. The SMILES string of the molecule is CC1(Cl)C(=O)CC[C@@]2(C)C1CC[C@H]1[C@@H]3CC[C@H](O)[C@@]3(C)CC[C@@H]12. The number of Topliss-reactive ketones (excluding diaryl/α,β-unsaturated/α-hetero) is 1. The summed E-state index contributed by atoms with van der Waals surface area (Å²) in [6, 6.07) is 0. The fourth-order valence-corrected chi connectivity index (χ4v) is 7.95. The minimum Gasteiger partial charge on any atom is -0.393 e. The maximum absolute atomic E-state index is 12.4. The summed E-state index contributed by atoms with van der Waals surface area (Å²) in [4.78, 5) is 11.7. The molecule has 4 aliphatic carbocycles. The van der Waals surface area contributed by atoms with Crippen LogP contribution in [0.4, 0.5) is 0 Å². The van der Waals surface area contributed by atoms with E-state index in [0.29, 0.717) is 24.2 Å². The molecule has 0 heterocycles. The highest BCUT2D eigenvalue weighted by atomic mass is 35.5. The van der Waals surface area contributed by atoms with E-state index in [2.05, 4.69) is 13.8 Å². The molecule has 130 valence electrons. The van der Waals surface area contributed by atoms with Crippen LogP contribution in [0.2, 0.25) is 0 Å². The fourth-order valence-electron chi connectivity index (χ4n) is 7.50. The summed E-state index contributed by atoms with van der Waals surface area (Å²) in [5, 5.41) is 10.5. The number of ketones is 1. The quantitative estimate of drug-likeness (QED) is 0.657. The highest BCUT2D eigenvalue weighted by molar-refractivity contribution is 6.35. The van der Waals surface area contributed by atoms with Gasteiger partial charge >= 0.3 is 0 Å². The lowest BCUT2D eigenvalue weighted by Crippen LogP contribution is -2.60. The second-order valence-electron chi connectivity index (χ2n) is 9.65. The first-order chi connectivity index (χ1) is 10.7. The third-order valence-electron chi connectivity index (χ3n) is 8.91. The number of carbonyl (C=O) groups excluding carboxylic acids is 1. The minimum atomic E-state index is -0.659. The van der Waals surface area contributed by atoms with Gasteiger partial charge in [-0.2, -0.15) is 0 Å². The van der Waals surface area contributed by atoms with Crippen LogP contribution in [0.3, 0.4) is 0 Å². The molecule has 0 radical (unpaired) electrons. The first-order valence-electron chi connectivity index (χ1n) is 9.61. The van der Waals surface area contributed by atoms with Crippen LogP contribution in [0.1, 0.15) is 72.1 Å². The minimum absolute atomic E-state index is 0.106. The van der Waals surface area contributed by atoms with E-state index in [9.17, 15) is 9.90 Å². The molecule has 23 heavy (non-hydrogen) atoms. The van der Waals surface area contributed by atoms with Gasteiger partial charge in [-0.25, -0.2) is 0 Å². The van der Waals surface area contributed by atoms with Crippen molar-refractivity contribution in [1.29, 1.82) is 0 Å². The first-order valence-corrected chi connectivity index (χ1v) is 9.99. The molecule has 4 aliphatic rings. The summed E-state index contributed by atoms with van der Waals surface area (Å²) >= 11 is 6.79. The molecule has 0 aromatic carbocycles. The summed E-state index contributed by atoms with van der Waals surface area (Å²) in [5.74, 6) is 2.68. The van der Waals surface area contributed by atoms with Gasteiger partial charge in [-0.3, -0.25) is 4.79 Å². The van der Waals surface area contributed by atoms with E-state index in [1.54, 1.807) is 0 Å². The molecule has 0 aromatic rings. The molecular weight excluding hydrogens is 308 g/mol. The molecule has 4 rings (SSSR count). The summed E-state index contributed by atoms with van der Waals surface area (Å²) in [6.45, 7) is 6.73. The van der Waals surface area contributed by atoms with Crippen molar-refractivity contribution in [1.82, 2.24) is 0 Å². The van der Waals surface area contributed by atoms with Gasteiger partial charge in [0.15, 0.2) is 5.78 Å². The third-order valence-corrected chi connectivity index (χ3v) is 9.38. The van der Waals surface area contributed by atoms with Crippen molar-refractivity contribution in [3.8, 4) is 0 Å². The van der Waals surface area contributed by atoms with Gasteiger partial charge in [-0.1, -0.05) is 13.8 Å². The van der Waals surface area contributed by atoms with Crippen molar-refractivity contribution in [2.45, 2.75) is 83.1 Å². The molecule has 3 heteroatoms. The summed E-state index contributed by atoms with van der Waals surface area (Å²) < 4.78 is 0. The van der Waals surface area contributed by atoms with Crippen LogP contribution >= 0.6 is 11.6 Å². The number of aliphatic hydroxyl groups is 1. The standard InChI is InChI=1S/C20H31ClO2/c1-18-11-9-17(23)20(3,21)15(18)6-4-12-13-5-7-16(22)19(13,2)10-8-14(12)18/h12-16,22H,4-11H2,1-3H3/t12-,13-,14-,15?,16-,18+,19-,20?/m0/s1. The average Bonchev–Trinajstić information content (AvgIpc) is 2.79. The third kappa shape index (κ3) is 2.00. The van der Waals surface area contributed by atoms with Gasteiger partial charge in [0.2, 0.25) is 0 Å². The summed E-state index contributed by atoms with van der Waals surface area (Å²) in [5.41, 5.74) is 0.349. The second kappa shape index (κ2) is 4.97. The molecule has 0 aromatic heterocycles. The molecule has 0 amide bonds. The molecule has 4 saturated carbocycles. The van der Waals surface area contributed by atoms with Crippen LogP contribution in [0, 0.1) is 34.5 Å². The van der Waals surface area contributed by atoms with E-state index < -0.39 is 4.87 Å². The van der Waals surface area contributed by atoms with Crippen LogP contribution in [0.5, 0.6) is 0 Å². The number of fused-ring (bicyclic) bond motifs is 5. The van der Waals surface area contributed by atoms with Crippen molar-refractivity contribution in [2.75, 3.05) is 0 Å². The van der Waals surface area contributed by atoms with Crippen LogP contribution in [-0.2, 0) is 4.79 Å². The number of carbonyl (C=O) groups is 1. The van der Waals surface area contributed by atoms with E-state index in [0.717, 1.165) is 31.6 Å². The van der Waals surface area contributed by atoms with Crippen LogP contribution < -0.4 is 0 Å². The normalized spacial score (nSPS) is 59.2. The van der Waals surface area contributed by atoms with E-state index in [4.69, 9.17) is 11.6 Å². The predicted octanol–water partition coefficient (Wildman–Crippen LogP) is 4.57. The number of hydrogen-bond acceptors (Lipinski definition) is 2. The molecular formula is C20H31ClO2. The Labute approximate surface area is 145 Å². The van der Waals surface area contributed by atoms with Gasteiger partial charge in [0, 0.05) is 6.42 Å². The predicted molar refractivity (Wildman–Crippen MR) is 92.4 cm³/mol. The van der Waals surface area contributed by atoms with Crippen LogP contribution in [0.15, 0.2) is 0 Å². The zero-order valence-corrected chi connectivity index (χ0v) is 15.5. The molecule has 0 spiro atoms. The number of alkyl halides is 1. The zero-order chi connectivity index (χ0) is 16.6. The Hall–Kier alpha value is -0.0800. The Kier molecular flexibility index (Phi) is 3.54. The van der Waals surface area contributed by atoms with Crippen molar-refractivity contribution in [2.24, 2.45) is 34.5 Å². The smallest absolute Gasteiger partial charge is 0.153 e. The number of halogens is 1. The zero-order valence-electron chi connectivity index (χ0n) is 14.8. The number of aliphatic hydroxyl groups excluding tert-OH is 1. The Balaban J connectivity index is 1.68. The maximum atomic E-state index is 12.4.